The lowest BCUT2D eigenvalue weighted by Gasteiger charge is -2.32. The van der Waals surface area contributed by atoms with Crippen molar-refractivity contribution in [2.24, 2.45) is 0 Å². The number of carboxylic acid groups (broad SMARTS) is 1. The van der Waals surface area contributed by atoms with Crippen LogP contribution < -0.4 is 5.32 Å². The molecule has 2 N–H and O–H groups in total. The highest BCUT2D eigenvalue weighted by Gasteiger charge is 2.44. The van der Waals surface area contributed by atoms with Crippen LogP contribution in [0.25, 0.3) is 0 Å². The number of nitrogens with one attached hydrogen (secondary N) is 1. The normalized spacial score (nSPS) is 23.9. The molecular weight excluding hydrogens is 407 g/mol. The number of carbonyl (C=O) groups is 2. The summed E-state index contributed by atoms with van der Waals surface area (Å²) in [4.78, 5) is 24.9. The number of rotatable bonds is 4. The van der Waals surface area contributed by atoms with Gasteiger partial charge in [-0.25, -0.2) is 9.59 Å². The number of carboxylic acids is 1. The zero-order chi connectivity index (χ0) is 22.5. The summed E-state index contributed by atoms with van der Waals surface area (Å²) in [6.07, 6.45) is -1.91. The minimum absolute atomic E-state index is 0.0378. The Kier molecular flexibility index (Phi) is 8.13. The first kappa shape index (κ1) is 24.0. The molecule has 1 aromatic heterocycles. The lowest BCUT2D eigenvalue weighted by Crippen LogP contribution is -2.50. The van der Waals surface area contributed by atoms with Crippen molar-refractivity contribution >= 4 is 12.0 Å². The number of halogens is 3. The summed E-state index contributed by atoms with van der Waals surface area (Å²) in [5.74, 6) is -0.744. The molecule has 0 spiro atoms. The second-order valence-electron chi connectivity index (χ2n) is 7.45. The van der Waals surface area contributed by atoms with Gasteiger partial charge in [-0.3, -0.25) is 4.90 Å². The Bertz CT molecular complexity index is 723. The van der Waals surface area contributed by atoms with Crippen LogP contribution >= 0.6 is 0 Å². The molecule has 170 valence electrons. The number of hydrogen-bond acceptors (Lipinski definition) is 5. The molecule has 2 fully saturated rings. The second-order valence-corrected chi connectivity index (χ2v) is 7.45. The van der Waals surface area contributed by atoms with Crippen molar-refractivity contribution in [1.82, 2.24) is 15.1 Å². The van der Waals surface area contributed by atoms with Crippen molar-refractivity contribution in [1.29, 1.82) is 0 Å². The van der Waals surface area contributed by atoms with Gasteiger partial charge in [-0.05, 0) is 25.0 Å². The summed E-state index contributed by atoms with van der Waals surface area (Å²) in [7, 11) is 3.52. The van der Waals surface area contributed by atoms with Gasteiger partial charge in [-0.2, -0.15) is 13.2 Å². The van der Waals surface area contributed by atoms with E-state index >= 15 is 0 Å². The molecule has 0 aliphatic carbocycles. The lowest BCUT2D eigenvalue weighted by molar-refractivity contribution is -0.192. The molecule has 2 saturated heterocycles. The number of hydrogen-bond donors (Lipinski definition) is 2. The lowest BCUT2D eigenvalue weighted by atomic mass is 10.0. The molecule has 1 aromatic rings. The summed E-state index contributed by atoms with van der Waals surface area (Å²) >= 11 is 0. The second kappa shape index (κ2) is 10.2. The highest BCUT2D eigenvalue weighted by atomic mass is 19.4. The molecule has 2 aliphatic heterocycles. The number of urea groups is 1. The van der Waals surface area contributed by atoms with Crippen molar-refractivity contribution in [3.05, 3.63) is 23.7 Å². The number of alkyl halides is 3. The zero-order valence-electron chi connectivity index (χ0n) is 17.2. The Hall–Kier alpha value is -2.27. The first-order valence-corrected chi connectivity index (χ1v) is 9.74. The number of aryl methyl sites for hydroxylation is 1. The SMILES string of the molecule is CCc1ccc(CN2C[C@@H](NC(=O)N(C)C)[C@@H]3OCCC[C@@H]32)o1.O=C(O)C(F)(F)F. The van der Waals surface area contributed by atoms with Crippen LogP contribution in [0.15, 0.2) is 16.5 Å². The number of fused-ring (bicyclic) bond motifs is 1. The minimum atomic E-state index is -5.08. The number of aliphatic carboxylic acids is 1. The first-order chi connectivity index (χ1) is 14.0. The zero-order valence-corrected chi connectivity index (χ0v) is 17.2. The molecule has 0 unspecified atom stereocenters. The monoisotopic (exact) mass is 435 g/mol. The summed E-state index contributed by atoms with van der Waals surface area (Å²) in [6, 6.07) is 4.44. The highest BCUT2D eigenvalue weighted by molar-refractivity contribution is 5.74. The van der Waals surface area contributed by atoms with Crippen molar-refractivity contribution < 1.29 is 37.0 Å². The number of nitrogens with zero attached hydrogens (tertiary/aromatic N) is 2. The van der Waals surface area contributed by atoms with Gasteiger partial charge in [0.15, 0.2) is 0 Å². The standard InChI is InChI=1S/C17H27N3O3.C2HF3O2/c1-4-12-7-8-13(23-12)10-20-11-14(18-17(21)19(2)3)16-15(20)6-5-9-22-16;3-2(4,5)1(6)7/h7-8,14-16H,4-6,9-11H2,1-3H3,(H,18,21);(H,6,7)/t14-,15+,16+;/m1./s1. The van der Waals surface area contributed by atoms with Crippen LogP contribution in [0.5, 0.6) is 0 Å². The Labute approximate surface area is 172 Å². The number of carbonyl (C=O) groups excluding carboxylic acids is 1. The van der Waals surface area contributed by atoms with Crippen LogP contribution in [0.1, 0.15) is 31.3 Å². The minimum Gasteiger partial charge on any atom is -0.475 e. The molecule has 11 heteroatoms. The third-order valence-corrected chi connectivity index (χ3v) is 5.01. The quantitative estimate of drug-likeness (QED) is 0.755. The molecule has 3 atom stereocenters. The van der Waals surface area contributed by atoms with E-state index in [1.54, 1.807) is 19.0 Å². The topological polar surface area (TPSA) is 95.3 Å². The van der Waals surface area contributed by atoms with Gasteiger partial charge >= 0.3 is 18.2 Å². The molecule has 2 amide bonds. The Morgan fingerprint density at radius 3 is 2.47 bits per heavy atom. The van der Waals surface area contributed by atoms with Crippen LogP contribution in [0.4, 0.5) is 18.0 Å². The fourth-order valence-electron chi connectivity index (χ4n) is 3.55. The van der Waals surface area contributed by atoms with E-state index in [0.717, 1.165) is 50.5 Å². The maximum Gasteiger partial charge on any atom is 0.490 e. The Morgan fingerprint density at radius 1 is 1.30 bits per heavy atom. The Morgan fingerprint density at radius 2 is 1.93 bits per heavy atom. The van der Waals surface area contributed by atoms with E-state index < -0.39 is 12.1 Å². The van der Waals surface area contributed by atoms with E-state index in [1.165, 1.54) is 0 Å². The predicted molar refractivity (Wildman–Crippen MR) is 101 cm³/mol. The van der Waals surface area contributed by atoms with Crippen molar-refractivity contribution in [3.63, 3.8) is 0 Å². The summed E-state index contributed by atoms with van der Waals surface area (Å²) in [5, 5.41) is 10.2. The average molecular weight is 435 g/mol. The molecule has 30 heavy (non-hydrogen) atoms. The molecule has 2 aliphatic rings. The smallest absolute Gasteiger partial charge is 0.475 e. The van der Waals surface area contributed by atoms with E-state index in [4.69, 9.17) is 19.1 Å². The molecule has 0 saturated carbocycles. The summed E-state index contributed by atoms with van der Waals surface area (Å²) in [5.41, 5.74) is 0. The highest BCUT2D eigenvalue weighted by Crippen LogP contribution is 2.30. The number of amides is 2. The Balaban J connectivity index is 0.000000396. The summed E-state index contributed by atoms with van der Waals surface area (Å²) < 4.78 is 43.6. The van der Waals surface area contributed by atoms with E-state index in [9.17, 15) is 18.0 Å². The van der Waals surface area contributed by atoms with Crippen LogP contribution in [0.2, 0.25) is 0 Å². The van der Waals surface area contributed by atoms with E-state index in [-0.39, 0.29) is 18.2 Å². The van der Waals surface area contributed by atoms with E-state index in [0.29, 0.717) is 6.04 Å². The molecule has 8 nitrogen and oxygen atoms in total. The van der Waals surface area contributed by atoms with Gasteiger partial charge in [-0.15, -0.1) is 0 Å². The van der Waals surface area contributed by atoms with Gasteiger partial charge in [-0.1, -0.05) is 6.92 Å². The van der Waals surface area contributed by atoms with Gasteiger partial charge < -0.3 is 24.5 Å². The van der Waals surface area contributed by atoms with E-state index in [1.807, 2.05) is 6.07 Å². The fourth-order valence-corrected chi connectivity index (χ4v) is 3.55. The van der Waals surface area contributed by atoms with Crippen LogP contribution in [-0.2, 0) is 22.5 Å². The van der Waals surface area contributed by atoms with Gasteiger partial charge in [0, 0.05) is 39.7 Å². The van der Waals surface area contributed by atoms with Crippen molar-refractivity contribution in [2.45, 2.75) is 57.1 Å². The van der Waals surface area contributed by atoms with Crippen molar-refractivity contribution in [2.75, 3.05) is 27.2 Å². The van der Waals surface area contributed by atoms with Gasteiger partial charge in [0.05, 0.1) is 18.7 Å². The maximum atomic E-state index is 12.0. The van der Waals surface area contributed by atoms with Gasteiger partial charge in [0.25, 0.3) is 0 Å². The molecule has 3 heterocycles. The number of ether oxygens (including phenoxy) is 1. The van der Waals surface area contributed by atoms with Crippen molar-refractivity contribution in [3.8, 4) is 0 Å². The van der Waals surface area contributed by atoms with Crippen LogP contribution in [-0.4, -0.2) is 78.5 Å². The number of likely N-dealkylation sites (tertiary alicyclic amines) is 1. The average Bonchev–Trinajstić information content (AvgIpc) is 3.27. The van der Waals surface area contributed by atoms with Gasteiger partial charge in [0.2, 0.25) is 0 Å². The third-order valence-electron chi connectivity index (χ3n) is 5.01. The molecule has 0 radical (unpaired) electrons. The molecule has 3 rings (SSSR count). The maximum absolute atomic E-state index is 12.0. The van der Waals surface area contributed by atoms with Crippen LogP contribution in [0, 0.1) is 0 Å². The molecule has 0 bridgehead atoms. The summed E-state index contributed by atoms with van der Waals surface area (Å²) in [6.45, 7) is 4.45. The molecular formula is C19H28F3N3O5. The molecule has 0 aromatic carbocycles. The first-order valence-electron chi connectivity index (χ1n) is 9.74. The van der Waals surface area contributed by atoms with E-state index in [2.05, 4.69) is 23.2 Å². The largest absolute Gasteiger partial charge is 0.490 e. The van der Waals surface area contributed by atoms with Gasteiger partial charge in [0.1, 0.15) is 11.5 Å². The predicted octanol–water partition coefficient (Wildman–Crippen LogP) is 2.48. The van der Waals surface area contributed by atoms with Crippen LogP contribution in [0.3, 0.4) is 0 Å². The number of furan rings is 1. The third kappa shape index (κ3) is 6.36. The fraction of sp³-hybridized carbons (Fsp3) is 0.684.